The maximum Gasteiger partial charge on any atom is 0.332 e. The molecule has 0 unspecified atom stereocenters. The highest BCUT2D eigenvalue weighted by molar-refractivity contribution is 7.12. The number of rotatable bonds is 5. The number of nitrogens with one attached hydrogen (secondary N) is 2. The number of thiophene rings is 1. The van der Waals surface area contributed by atoms with E-state index >= 15 is 0 Å². The first-order valence-electron chi connectivity index (χ1n) is 11.5. The number of anilines is 4. The van der Waals surface area contributed by atoms with E-state index in [-0.39, 0.29) is 30.7 Å². The fourth-order valence-corrected chi connectivity index (χ4v) is 5.12. The van der Waals surface area contributed by atoms with Crippen molar-refractivity contribution in [3.8, 4) is 0 Å². The van der Waals surface area contributed by atoms with E-state index in [0.29, 0.717) is 37.8 Å². The topological polar surface area (TPSA) is 125 Å². The number of hydrogen-bond donors (Lipinski definition) is 2. The van der Waals surface area contributed by atoms with Crippen LogP contribution in [0.2, 0.25) is 0 Å². The van der Waals surface area contributed by atoms with Crippen molar-refractivity contribution in [3.05, 3.63) is 61.6 Å². The summed E-state index contributed by atoms with van der Waals surface area (Å²) in [6.07, 6.45) is 1.70. The predicted octanol–water partition coefficient (Wildman–Crippen LogP) is 0.331. The number of nitrogens with zero attached hydrogens (tertiary/aromatic N) is 6. The van der Waals surface area contributed by atoms with Crippen molar-refractivity contribution in [2.24, 2.45) is 14.1 Å². The summed E-state index contributed by atoms with van der Waals surface area (Å²) in [5, 5.41) is 7.67. The molecule has 13 heteroatoms. The monoisotopic (exact) mass is 510 g/mol. The molecule has 0 saturated carbocycles. The molecule has 12 nitrogen and oxygen atoms in total. The summed E-state index contributed by atoms with van der Waals surface area (Å²) in [5.41, 5.74) is 0.316. The van der Waals surface area contributed by atoms with Gasteiger partial charge in [0.25, 0.3) is 11.5 Å². The van der Waals surface area contributed by atoms with E-state index in [9.17, 15) is 19.2 Å². The van der Waals surface area contributed by atoms with Crippen LogP contribution in [-0.4, -0.2) is 70.2 Å². The zero-order valence-electron chi connectivity index (χ0n) is 19.9. The van der Waals surface area contributed by atoms with Gasteiger partial charge in [-0.3, -0.25) is 23.5 Å². The van der Waals surface area contributed by atoms with E-state index in [0.717, 1.165) is 15.1 Å². The zero-order chi connectivity index (χ0) is 25.4. The third-order valence-corrected chi connectivity index (χ3v) is 7.27. The summed E-state index contributed by atoms with van der Waals surface area (Å²) in [4.78, 5) is 60.6. The third kappa shape index (κ3) is 4.33. The molecule has 0 radical (unpaired) electrons. The van der Waals surface area contributed by atoms with Gasteiger partial charge in [0.05, 0.1) is 30.0 Å². The van der Waals surface area contributed by atoms with E-state index in [4.69, 9.17) is 0 Å². The lowest BCUT2D eigenvalue weighted by atomic mass is 10.2. The van der Waals surface area contributed by atoms with Crippen molar-refractivity contribution >= 4 is 46.2 Å². The molecule has 0 bridgehead atoms. The van der Waals surface area contributed by atoms with E-state index < -0.39 is 11.2 Å². The van der Waals surface area contributed by atoms with Crippen molar-refractivity contribution in [1.82, 2.24) is 19.0 Å². The molecule has 188 valence electrons. The van der Waals surface area contributed by atoms with Gasteiger partial charge in [0, 0.05) is 40.3 Å². The largest absolute Gasteiger partial charge is 0.367 e. The Hall–Kier alpha value is -4.13. The van der Waals surface area contributed by atoms with Gasteiger partial charge in [-0.05, 0) is 23.6 Å². The summed E-state index contributed by atoms with van der Waals surface area (Å²) in [6.45, 7) is 2.82. The Morgan fingerprint density at radius 3 is 2.53 bits per heavy atom. The van der Waals surface area contributed by atoms with Gasteiger partial charge in [-0.1, -0.05) is 6.07 Å². The Bertz CT molecular complexity index is 1410. The van der Waals surface area contributed by atoms with Gasteiger partial charge in [0.1, 0.15) is 17.3 Å². The first kappa shape index (κ1) is 23.6. The highest BCUT2D eigenvalue weighted by Crippen LogP contribution is 2.25. The number of pyridine rings is 1. The van der Waals surface area contributed by atoms with Crippen LogP contribution in [0.25, 0.3) is 0 Å². The maximum atomic E-state index is 12.7. The highest BCUT2D eigenvalue weighted by atomic mass is 32.1. The number of hydrogen-bond acceptors (Lipinski definition) is 9. The number of fused-ring (bicyclic) bond motifs is 1. The highest BCUT2D eigenvalue weighted by Gasteiger charge is 2.28. The average molecular weight is 511 g/mol. The van der Waals surface area contributed by atoms with Crippen molar-refractivity contribution in [2.45, 2.75) is 0 Å². The summed E-state index contributed by atoms with van der Waals surface area (Å²) >= 11 is 1.45. The van der Waals surface area contributed by atoms with Crippen LogP contribution in [0.1, 0.15) is 9.67 Å². The minimum atomic E-state index is -0.453. The lowest BCUT2D eigenvalue weighted by Crippen LogP contribution is -2.48. The Morgan fingerprint density at radius 2 is 1.86 bits per heavy atom. The minimum absolute atomic E-state index is 0.0664. The second-order valence-corrected chi connectivity index (χ2v) is 9.59. The normalized spacial score (nSPS) is 15.0. The first-order valence-corrected chi connectivity index (χ1v) is 12.3. The Kier molecular flexibility index (Phi) is 6.22. The van der Waals surface area contributed by atoms with Crippen LogP contribution in [0.15, 0.2) is 45.4 Å². The summed E-state index contributed by atoms with van der Waals surface area (Å²) < 4.78 is 2.38. The molecule has 1 saturated heterocycles. The molecule has 0 spiro atoms. The first-order chi connectivity index (χ1) is 17.3. The molecule has 3 aromatic heterocycles. The summed E-state index contributed by atoms with van der Waals surface area (Å²) in [6, 6.07) is 7.34. The van der Waals surface area contributed by atoms with Crippen LogP contribution in [0, 0.1) is 0 Å². The molecule has 2 amide bonds. The molecule has 2 aliphatic rings. The molecule has 0 aliphatic carbocycles. The Labute approximate surface area is 210 Å². The van der Waals surface area contributed by atoms with Gasteiger partial charge in [0.15, 0.2) is 0 Å². The summed E-state index contributed by atoms with van der Waals surface area (Å²) in [7, 11) is 2.98. The summed E-state index contributed by atoms with van der Waals surface area (Å²) in [5.74, 6) is 0.532. The molecule has 3 aromatic rings. The van der Waals surface area contributed by atoms with Crippen LogP contribution < -0.4 is 31.7 Å². The quantitative estimate of drug-likeness (QED) is 0.503. The standard InChI is InChI=1S/C23H26N8O4S/c1-27-20-19(22(34)28(2)23(27)35)31(14-25-20)13-18(32)26-17-6-5-15(12-24-17)29-7-9-30(10-8-29)21(33)16-4-3-11-36-16/h3-6,11-12,25H,7-10,13-14H2,1-2H3,(H,24,26,32). The van der Waals surface area contributed by atoms with Gasteiger partial charge >= 0.3 is 5.69 Å². The fourth-order valence-electron chi connectivity index (χ4n) is 4.42. The van der Waals surface area contributed by atoms with Crippen LogP contribution in [0.4, 0.5) is 23.0 Å². The van der Waals surface area contributed by atoms with Crippen LogP contribution in [0.5, 0.6) is 0 Å². The Morgan fingerprint density at radius 1 is 1.08 bits per heavy atom. The lowest BCUT2D eigenvalue weighted by Gasteiger charge is -2.35. The van der Waals surface area contributed by atoms with Crippen LogP contribution in [-0.2, 0) is 18.9 Å². The van der Waals surface area contributed by atoms with Crippen molar-refractivity contribution in [1.29, 1.82) is 0 Å². The number of amides is 2. The lowest BCUT2D eigenvalue weighted by molar-refractivity contribution is -0.115. The number of piperazine rings is 1. The van der Waals surface area contributed by atoms with Gasteiger partial charge in [-0.15, -0.1) is 11.3 Å². The van der Waals surface area contributed by atoms with Crippen molar-refractivity contribution in [3.63, 3.8) is 0 Å². The number of carbonyl (C=O) groups is 2. The zero-order valence-corrected chi connectivity index (χ0v) is 20.7. The molecular formula is C23H26N8O4S. The molecule has 36 heavy (non-hydrogen) atoms. The molecular weight excluding hydrogens is 484 g/mol. The smallest absolute Gasteiger partial charge is 0.332 e. The predicted molar refractivity (Wildman–Crippen MR) is 138 cm³/mol. The number of carbonyl (C=O) groups excluding carboxylic acids is 2. The molecule has 0 aromatic carbocycles. The van der Waals surface area contributed by atoms with Gasteiger partial charge < -0.3 is 25.3 Å². The third-order valence-electron chi connectivity index (χ3n) is 6.41. The number of aromatic nitrogens is 3. The molecule has 5 heterocycles. The SMILES string of the molecule is Cn1c2c(c(=O)n(C)c1=O)N(CC(=O)Nc1ccc(N3CCN(C(=O)c4cccs4)CC3)cn1)CN2. The second kappa shape index (κ2) is 9.49. The van der Waals surface area contributed by atoms with E-state index in [1.165, 1.54) is 23.0 Å². The average Bonchev–Trinajstić information content (AvgIpc) is 3.57. The van der Waals surface area contributed by atoms with Gasteiger partial charge in [-0.2, -0.15) is 0 Å². The van der Waals surface area contributed by atoms with Gasteiger partial charge in [0.2, 0.25) is 5.91 Å². The van der Waals surface area contributed by atoms with E-state index in [1.54, 1.807) is 24.2 Å². The second-order valence-electron chi connectivity index (χ2n) is 8.64. The molecule has 2 N–H and O–H groups in total. The van der Waals surface area contributed by atoms with Crippen LogP contribution >= 0.6 is 11.3 Å². The van der Waals surface area contributed by atoms with Gasteiger partial charge in [-0.25, -0.2) is 9.78 Å². The van der Waals surface area contributed by atoms with E-state index in [2.05, 4.69) is 20.5 Å². The molecule has 5 rings (SSSR count). The van der Waals surface area contributed by atoms with Crippen LogP contribution in [0.3, 0.4) is 0 Å². The minimum Gasteiger partial charge on any atom is -0.367 e. The fraction of sp³-hybridized carbons (Fsp3) is 0.348. The van der Waals surface area contributed by atoms with Crippen molar-refractivity contribution in [2.75, 3.05) is 59.8 Å². The van der Waals surface area contributed by atoms with E-state index in [1.807, 2.05) is 28.5 Å². The Balaban J connectivity index is 1.18. The molecule has 2 aliphatic heterocycles. The van der Waals surface area contributed by atoms with Crippen molar-refractivity contribution < 1.29 is 9.59 Å². The molecule has 0 atom stereocenters. The maximum absolute atomic E-state index is 12.7. The molecule has 1 fully saturated rings.